The van der Waals surface area contributed by atoms with E-state index in [-0.39, 0.29) is 0 Å². The van der Waals surface area contributed by atoms with E-state index in [1.807, 2.05) is 26.0 Å². The van der Waals surface area contributed by atoms with Gasteiger partial charge in [-0.25, -0.2) is 4.98 Å². The zero-order valence-corrected chi connectivity index (χ0v) is 14.1. The zero-order valence-electron chi connectivity index (χ0n) is 14.1. The van der Waals surface area contributed by atoms with E-state index in [9.17, 15) is 0 Å². The first-order chi connectivity index (χ1) is 11.6. The second-order valence-corrected chi connectivity index (χ2v) is 6.33. The normalized spacial score (nSPS) is 14.9. The van der Waals surface area contributed by atoms with Crippen LogP contribution in [0.25, 0.3) is 5.78 Å². The van der Waals surface area contributed by atoms with E-state index >= 15 is 0 Å². The summed E-state index contributed by atoms with van der Waals surface area (Å²) in [5.41, 5.74) is 3.02. The summed E-state index contributed by atoms with van der Waals surface area (Å²) in [7, 11) is 0. The quantitative estimate of drug-likeness (QED) is 0.776. The molecule has 1 aliphatic rings. The number of nitrogens with zero attached hydrogens (tertiary/aromatic N) is 7. The van der Waals surface area contributed by atoms with E-state index in [1.165, 1.54) is 6.33 Å². The molecule has 124 valence electrons. The highest BCUT2D eigenvalue weighted by Gasteiger charge is 2.28. The lowest BCUT2D eigenvalue weighted by Gasteiger charge is -2.40. The van der Waals surface area contributed by atoms with Crippen LogP contribution in [0.4, 0.5) is 11.6 Å². The van der Waals surface area contributed by atoms with Crippen molar-refractivity contribution in [2.45, 2.75) is 20.8 Å². The zero-order chi connectivity index (χ0) is 16.7. The molecule has 8 heteroatoms. The first-order valence-electron chi connectivity index (χ1n) is 8.08. The monoisotopic (exact) mass is 324 g/mol. The highest BCUT2D eigenvalue weighted by atomic mass is 15.4. The van der Waals surface area contributed by atoms with Crippen molar-refractivity contribution in [3.05, 3.63) is 35.4 Å². The number of hydrogen-bond acceptors (Lipinski definition) is 7. The van der Waals surface area contributed by atoms with Gasteiger partial charge in [0.2, 0.25) is 0 Å². The van der Waals surface area contributed by atoms with Gasteiger partial charge in [0.25, 0.3) is 5.78 Å². The maximum absolute atomic E-state index is 4.44. The Morgan fingerprint density at radius 1 is 1.17 bits per heavy atom. The highest BCUT2D eigenvalue weighted by molar-refractivity contribution is 5.52. The van der Waals surface area contributed by atoms with Crippen LogP contribution in [0.5, 0.6) is 0 Å². The molecular formula is C16H20N8. The fourth-order valence-corrected chi connectivity index (χ4v) is 2.93. The van der Waals surface area contributed by atoms with Gasteiger partial charge in [-0.2, -0.15) is 19.7 Å². The van der Waals surface area contributed by atoms with Gasteiger partial charge in [0.1, 0.15) is 12.1 Å². The molecular weight excluding hydrogens is 304 g/mol. The molecule has 4 rings (SSSR count). The van der Waals surface area contributed by atoms with E-state index in [2.05, 4.69) is 42.4 Å². The molecule has 3 aromatic rings. The molecule has 4 heterocycles. The third kappa shape index (κ3) is 2.53. The standard InChI is InChI=1S/C16H20N8/c1-10-4-5-14(22-21-10)23-7-13(8-23)6-17-15-11(2)12(3)20-16-18-9-19-24(15)16/h4-5,9,13,17H,6-8H2,1-3H3. The van der Waals surface area contributed by atoms with Crippen molar-refractivity contribution in [2.24, 2.45) is 5.92 Å². The van der Waals surface area contributed by atoms with Crippen molar-refractivity contribution in [3.63, 3.8) is 0 Å². The van der Waals surface area contributed by atoms with Gasteiger partial charge < -0.3 is 10.2 Å². The lowest BCUT2D eigenvalue weighted by Crippen LogP contribution is -2.50. The molecule has 0 aliphatic carbocycles. The Labute approximate surface area is 140 Å². The van der Waals surface area contributed by atoms with Gasteiger partial charge >= 0.3 is 0 Å². The average Bonchev–Trinajstić information content (AvgIpc) is 2.98. The summed E-state index contributed by atoms with van der Waals surface area (Å²) in [6.45, 7) is 8.85. The molecule has 0 saturated carbocycles. The molecule has 0 unspecified atom stereocenters. The van der Waals surface area contributed by atoms with E-state index in [0.29, 0.717) is 11.7 Å². The summed E-state index contributed by atoms with van der Waals surface area (Å²) in [5.74, 6) is 3.13. The Kier molecular flexibility index (Phi) is 3.51. The summed E-state index contributed by atoms with van der Waals surface area (Å²) in [6.07, 6.45) is 1.54. The second-order valence-electron chi connectivity index (χ2n) is 6.33. The fraction of sp³-hybridized carbons (Fsp3) is 0.438. The molecule has 24 heavy (non-hydrogen) atoms. The van der Waals surface area contributed by atoms with Crippen LogP contribution in [-0.4, -0.2) is 49.4 Å². The fourth-order valence-electron chi connectivity index (χ4n) is 2.93. The van der Waals surface area contributed by atoms with Gasteiger partial charge in [0, 0.05) is 36.8 Å². The van der Waals surface area contributed by atoms with Gasteiger partial charge in [-0.3, -0.25) is 0 Å². The molecule has 1 fully saturated rings. The Bertz CT molecular complexity index is 864. The van der Waals surface area contributed by atoms with Crippen molar-refractivity contribution in [1.29, 1.82) is 0 Å². The van der Waals surface area contributed by atoms with Crippen molar-refractivity contribution in [2.75, 3.05) is 29.9 Å². The lowest BCUT2D eigenvalue weighted by atomic mass is 10.00. The van der Waals surface area contributed by atoms with Gasteiger partial charge in [-0.1, -0.05) is 0 Å². The summed E-state index contributed by atoms with van der Waals surface area (Å²) in [5, 5.41) is 16.1. The van der Waals surface area contributed by atoms with Crippen LogP contribution in [0.1, 0.15) is 17.0 Å². The molecule has 1 aliphatic heterocycles. The number of fused-ring (bicyclic) bond motifs is 1. The summed E-state index contributed by atoms with van der Waals surface area (Å²) >= 11 is 0. The number of hydrogen-bond donors (Lipinski definition) is 1. The molecule has 0 radical (unpaired) electrons. The number of aryl methyl sites for hydroxylation is 2. The number of anilines is 2. The van der Waals surface area contributed by atoms with Gasteiger partial charge in [0.05, 0.1) is 5.69 Å². The SMILES string of the molecule is Cc1ccc(N2CC(CNc3c(C)c(C)nc4ncnn34)C2)nn1. The van der Waals surface area contributed by atoms with E-state index in [1.54, 1.807) is 4.52 Å². The minimum absolute atomic E-state index is 0.569. The molecule has 0 amide bonds. The third-order valence-electron chi connectivity index (χ3n) is 4.53. The van der Waals surface area contributed by atoms with Crippen LogP contribution >= 0.6 is 0 Å². The van der Waals surface area contributed by atoms with Crippen molar-refractivity contribution in [3.8, 4) is 0 Å². The molecule has 8 nitrogen and oxygen atoms in total. The molecule has 0 spiro atoms. The Balaban J connectivity index is 1.41. The van der Waals surface area contributed by atoms with Crippen LogP contribution in [0.2, 0.25) is 0 Å². The van der Waals surface area contributed by atoms with Crippen LogP contribution in [-0.2, 0) is 0 Å². The van der Waals surface area contributed by atoms with E-state index in [0.717, 1.165) is 48.2 Å². The molecule has 0 aromatic carbocycles. The first kappa shape index (κ1) is 14.8. The summed E-state index contributed by atoms with van der Waals surface area (Å²) in [4.78, 5) is 10.9. The minimum Gasteiger partial charge on any atom is -0.369 e. The van der Waals surface area contributed by atoms with Crippen LogP contribution in [0.15, 0.2) is 18.5 Å². The smallest absolute Gasteiger partial charge is 0.254 e. The summed E-state index contributed by atoms with van der Waals surface area (Å²) in [6, 6.07) is 4.03. The number of nitrogens with one attached hydrogen (secondary N) is 1. The van der Waals surface area contributed by atoms with Crippen molar-refractivity contribution >= 4 is 17.4 Å². The Morgan fingerprint density at radius 2 is 2.00 bits per heavy atom. The molecule has 3 aromatic heterocycles. The maximum atomic E-state index is 4.44. The highest BCUT2D eigenvalue weighted by Crippen LogP contribution is 2.24. The van der Waals surface area contributed by atoms with Crippen LogP contribution in [0.3, 0.4) is 0 Å². The molecule has 1 saturated heterocycles. The Hall–Kier alpha value is -2.77. The van der Waals surface area contributed by atoms with Crippen LogP contribution in [0, 0.1) is 26.7 Å². The van der Waals surface area contributed by atoms with Gasteiger partial charge in [-0.15, -0.1) is 5.10 Å². The molecule has 0 atom stereocenters. The van der Waals surface area contributed by atoms with E-state index < -0.39 is 0 Å². The predicted octanol–water partition coefficient (Wildman–Crippen LogP) is 1.39. The predicted molar refractivity (Wildman–Crippen MR) is 91.2 cm³/mol. The largest absolute Gasteiger partial charge is 0.369 e. The second kappa shape index (κ2) is 5.70. The minimum atomic E-state index is 0.569. The molecule has 0 bridgehead atoms. The number of aromatic nitrogens is 6. The Morgan fingerprint density at radius 3 is 2.75 bits per heavy atom. The number of rotatable bonds is 4. The first-order valence-corrected chi connectivity index (χ1v) is 8.08. The van der Waals surface area contributed by atoms with Gasteiger partial charge in [0.15, 0.2) is 5.82 Å². The van der Waals surface area contributed by atoms with Gasteiger partial charge in [-0.05, 0) is 32.9 Å². The van der Waals surface area contributed by atoms with E-state index in [4.69, 9.17) is 0 Å². The lowest BCUT2D eigenvalue weighted by molar-refractivity contribution is 0.424. The topological polar surface area (TPSA) is 84.1 Å². The average molecular weight is 324 g/mol. The van der Waals surface area contributed by atoms with Crippen molar-refractivity contribution in [1.82, 2.24) is 29.8 Å². The van der Waals surface area contributed by atoms with Crippen molar-refractivity contribution < 1.29 is 0 Å². The third-order valence-corrected chi connectivity index (χ3v) is 4.53. The molecule has 1 N–H and O–H groups in total. The summed E-state index contributed by atoms with van der Waals surface area (Å²) < 4.78 is 1.77. The van der Waals surface area contributed by atoms with Crippen LogP contribution < -0.4 is 10.2 Å². The maximum Gasteiger partial charge on any atom is 0.254 e.